The average Bonchev–Trinajstić information content (AvgIpc) is 2.19. The maximum absolute atomic E-state index is 4.23. The highest BCUT2D eigenvalue weighted by Gasteiger charge is 2.04. The Hall–Kier alpha value is -0.910. The Kier molecular flexibility index (Phi) is 4.58. The fourth-order valence-corrected chi connectivity index (χ4v) is 1.30. The second kappa shape index (κ2) is 5.74. The summed E-state index contributed by atoms with van der Waals surface area (Å²) in [6, 6.07) is 0. The summed E-state index contributed by atoms with van der Waals surface area (Å²) < 4.78 is 1.03. The first kappa shape index (κ1) is 11.2. The zero-order valence-electron chi connectivity index (χ0n) is 7.86. The Labute approximate surface area is 97.7 Å². The molecule has 4 heteroatoms. The van der Waals surface area contributed by atoms with Gasteiger partial charge in [-0.25, -0.2) is 9.97 Å². The molecular weight excluding hydrogens is 289 g/mol. The number of anilines is 1. The molecule has 0 saturated heterocycles. The van der Waals surface area contributed by atoms with E-state index in [1.54, 1.807) is 12.4 Å². The maximum Gasteiger partial charge on any atom is 0.225 e. The molecule has 0 bridgehead atoms. The van der Waals surface area contributed by atoms with Crippen molar-refractivity contribution in [2.24, 2.45) is 0 Å². The molecule has 0 amide bonds. The summed E-state index contributed by atoms with van der Waals surface area (Å²) in [5.41, 5.74) is 0. The first-order valence-electron chi connectivity index (χ1n) is 4.22. The summed E-state index contributed by atoms with van der Waals surface area (Å²) in [7, 11) is 0. The van der Waals surface area contributed by atoms with Crippen LogP contribution in [0.25, 0.3) is 0 Å². The van der Waals surface area contributed by atoms with Crippen LogP contribution in [0.2, 0.25) is 0 Å². The minimum Gasteiger partial charge on any atom is -0.333 e. The SMILES string of the molecule is C=CCN(CC=C)c1ncc(I)cn1. The van der Waals surface area contributed by atoms with E-state index in [0.29, 0.717) is 5.95 Å². The predicted molar refractivity (Wildman–Crippen MR) is 67.4 cm³/mol. The van der Waals surface area contributed by atoms with Crippen LogP contribution < -0.4 is 4.90 Å². The highest BCUT2D eigenvalue weighted by molar-refractivity contribution is 14.1. The molecule has 0 aromatic carbocycles. The van der Waals surface area contributed by atoms with Crippen LogP contribution in [0.5, 0.6) is 0 Å². The first-order chi connectivity index (χ1) is 6.77. The van der Waals surface area contributed by atoms with Crippen LogP contribution in [0.3, 0.4) is 0 Å². The molecule has 74 valence electrons. The Morgan fingerprint density at radius 1 is 1.21 bits per heavy atom. The third kappa shape index (κ3) is 3.10. The fraction of sp³-hybridized carbons (Fsp3) is 0.200. The van der Waals surface area contributed by atoms with E-state index in [-0.39, 0.29) is 0 Å². The van der Waals surface area contributed by atoms with E-state index >= 15 is 0 Å². The van der Waals surface area contributed by atoms with Gasteiger partial charge in [0.2, 0.25) is 5.95 Å². The second-order valence-electron chi connectivity index (χ2n) is 2.68. The second-order valence-corrected chi connectivity index (χ2v) is 3.93. The molecule has 1 heterocycles. The number of hydrogen-bond acceptors (Lipinski definition) is 3. The van der Waals surface area contributed by atoms with E-state index in [1.807, 2.05) is 17.1 Å². The third-order valence-electron chi connectivity index (χ3n) is 1.59. The van der Waals surface area contributed by atoms with Crippen molar-refractivity contribution in [2.75, 3.05) is 18.0 Å². The van der Waals surface area contributed by atoms with Crippen molar-refractivity contribution < 1.29 is 0 Å². The minimum absolute atomic E-state index is 0.713. The van der Waals surface area contributed by atoms with Crippen molar-refractivity contribution in [2.45, 2.75) is 0 Å². The molecule has 14 heavy (non-hydrogen) atoms. The van der Waals surface area contributed by atoms with Crippen molar-refractivity contribution in [3.8, 4) is 0 Å². The quantitative estimate of drug-likeness (QED) is 0.617. The highest BCUT2D eigenvalue weighted by Crippen LogP contribution is 2.08. The van der Waals surface area contributed by atoms with E-state index in [1.165, 1.54) is 0 Å². The van der Waals surface area contributed by atoms with Gasteiger partial charge < -0.3 is 4.90 Å². The minimum atomic E-state index is 0.713. The molecule has 3 nitrogen and oxygen atoms in total. The molecule has 0 fully saturated rings. The molecule has 0 aliphatic rings. The molecule has 0 radical (unpaired) electrons. The van der Waals surface area contributed by atoms with Gasteiger partial charge >= 0.3 is 0 Å². The number of aromatic nitrogens is 2. The molecule has 0 N–H and O–H groups in total. The average molecular weight is 301 g/mol. The summed E-state index contributed by atoms with van der Waals surface area (Å²) in [6.07, 6.45) is 7.24. The molecular formula is C10H12IN3. The lowest BCUT2D eigenvalue weighted by Crippen LogP contribution is -2.25. The first-order valence-corrected chi connectivity index (χ1v) is 5.30. The molecule has 0 spiro atoms. The summed E-state index contributed by atoms with van der Waals surface area (Å²) in [6.45, 7) is 8.84. The van der Waals surface area contributed by atoms with Gasteiger partial charge in [0.05, 0.1) is 0 Å². The smallest absolute Gasteiger partial charge is 0.225 e. The summed E-state index contributed by atoms with van der Waals surface area (Å²) in [5.74, 6) is 0.713. The molecule has 0 saturated carbocycles. The van der Waals surface area contributed by atoms with Crippen LogP contribution in [-0.2, 0) is 0 Å². The fourth-order valence-electron chi connectivity index (χ4n) is 1.02. The molecule has 1 aromatic heterocycles. The van der Waals surface area contributed by atoms with Crippen molar-refractivity contribution in [3.63, 3.8) is 0 Å². The van der Waals surface area contributed by atoms with E-state index < -0.39 is 0 Å². The van der Waals surface area contributed by atoms with Crippen LogP contribution >= 0.6 is 22.6 Å². The van der Waals surface area contributed by atoms with Crippen LogP contribution in [0.1, 0.15) is 0 Å². The van der Waals surface area contributed by atoms with Crippen LogP contribution in [0.15, 0.2) is 37.7 Å². The van der Waals surface area contributed by atoms with Crippen LogP contribution in [0.4, 0.5) is 5.95 Å². The van der Waals surface area contributed by atoms with Gasteiger partial charge in [-0.05, 0) is 22.6 Å². The van der Waals surface area contributed by atoms with Gasteiger partial charge in [0.15, 0.2) is 0 Å². The topological polar surface area (TPSA) is 29.0 Å². The standard InChI is InChI=1S/C10H12IN3/c1-3-5-14(6-4-2)10-12-7-9(11)8-13-10/h3-4,7-8H,1-2,5-6H2. The summed E-state index contributed by atoms with van der Waals surface area (Å²) in [5, 5.41) is 0. The summed E-state index contributed by atoms with van der Waals surface area (Å²) >= 11 is 2.18. The van der Waals surface area contributed by atoms with Crippen LogP contribution in [-0.4, -0.2) is 23.1 Å². The van der Waals surface area contributed by atoms with Gasteiger partial charge in [-0.2, -0.15) is 0 Å². The lowest BCUT2D eigenvalue weighted by molar-refractivity contribution is 0.887. The van der Waals surface area contributed by atoms with Gasteiger partial charge in [-0.3, -0.25) is 0 Å². The van der Waals surface area contributed by atoms with Gasteiger partial charge in [-0.1, -0.05) is 12.2 Å². The van der Waals surface area contributed by atoms with Crippen molar-refractivity contribution in [3.05, 3.63) is 41.3 Å². The molecule has 0 unspecified atom stereocenters. The Balaban J connectivity index is 2.80. The molecule has 1 rings (SSSR count). The number of halogens is 1. The van der Waals surface area contributed by atoms with E-state index in [2.05, 4.69) is 45.7 Å². The maximum atomic E-state index is 4.23. The third-order valence-corrected chi connectivity index (χ3v) is 2.15. The highest BCUT2D eigenvalue weighted by atomic mass is 127. The zero-order chi connectivity index (χ0) is 10.4. The van der Waals surface area contributed by atoms with Crippen molar-refractivity contribution in [1.82, 2.24) is 9.97 Å². The van der Waals surface area contributed by atoms with Gasteiger partial charge in [0.25, 0.3) is 0 Å². The molecule has 0 atom stereocenters. The van der Waals surface area contributed by atoms with Crippen LogP contribution in [0, 0.1) is 3.57 Å². The Bertz CT molecular complexity index is 298. The molecule has 1 aromatic rings. The Morgan fingerprint density at radius 3 is 2.14 bits per heavy atom. The van der Waals surface area contributed by atoms with E-state index in [9.17, 15) is 0 Å². The van der Waals surface area contributed by atoms with Gasteiger partial charge in [-0.15, -0.1) is 13.2 Å². The van der Waals surface area contributed by atoms with Gasteiger partial charge in [0.1, 0.15) is 0 Å². The monoisotopic (exact) mass is 301 g/mol. The predicted octanol–water partition coefficient (Wildman–Crippen LogP) is 2.26. The van der Waals surface area contributed by atoms with Crippen molar-refractivity contribution >= 4 is 28.5 Å². The number of rotatable bonds is 5. The molecule has 0 aliphatic heterocycles. The van der Waals surface area contributed by atoms with E-state index in [4.69, 9.17) is 0 Å². The lowest BCUT2D eigenvalue weighted by atomic mass is 10.4. The normalized spacial score (nSPS) is 9.50. The number of nitrogens with zero attached hydrogens (tertiary/aromatic N) is 3. The largest absolute Gasteiger partial charge is 0.333 e. The van der Waals surface area contributed by atoms with Gasteiger partial charge in [0, 0.05) is 29.1 Å². The number of hydrogen-bond donors (Lipinski definition) is 0. The zero-order valence-corrected chi connectivity index (χ0v) is 10.0. The van der Waals surface area contributed by atoms with E-state index in [0.717, 1.165) is 16.7 Å². The molecule has 0 aliphatic carbocycles. The van der Waals surface area contributed by atoms with Crippen molar-refractivity contribution in [1.29, 1.82) is 0 Å². The summed E-state index contributed by atoms with van der Waals surface area (Å²) in [4.78, 5) is 10.5. The lowest BCUT2D eigenvalue weighted by Gasteiger charge is -2.18. The Morgan fingerprint density at radius 2 is 1.71 bits per heavy atom.